The summed E-state index contributed by atoms with van der Waals surface area (Å²) in [5, 5.41) is 0.546. The third-order valence-electron chi connectivity index (χ3n) is 4.87. The summed E-state index contributed by atoms with van der Waals surface area (Å²) in [5.41, 5.74) is 2.36. The summed E-state index contributed by atoms with van der Waals surface area (Å²) in [5.74, 6) is 0. The summed E-state index contributed by atoms with van der Waals surface area (Å²) in [7, 11) is -3.84. The van der Waals surface area contributed by atoms with E-state index in [0.29, 0.717) is 16.7 Å². The highest BCUT2D eigenvalue weighted by Gasteiger charge is 2.26. The van der Waals surface area contributed by atoms with Crippen molar-refractivity contribution in [1.82, 2.24) is 9.29 Å². The maximum atomic E-state index is 13.6. The van der Waals surface area contributed by atoms with E-state index >= 15 is 0 Å². The molecule has 0 unspecified atom stereocenters. The van der Waals surface area contributed by atoms with Crippen LogP contribution in [0, 0.1) is 6.92 Å². The molecular weight excluding hydrogens is 400 g/mol. The maximum Gasteiger partial charge on any atom is 0.336 e. The average Bonchev–Trinajstić information content (AvgIpc) is 2.75. The molecule has 30 heavy (non-hydrogen) atoms. The molecule has 0 aliphatic rings. The van der Waals surface area contributed by atoms with Crippen molar-refractivity contribution < 1.29 is 12.8 Å². The molecule has 4 rings (SSSR count). The number of aromatic nitrogens is 1. The Morgan fingerprint density at radius 3 is 2.50 bits per heavy atom. The summed E-state index contributed by atoms with van der Waals surface area (Å²) < 4.78 is 33.7. The minimum Gasteiger partial charge on any atom is -0.423 e. The van der Waals surface area contributed by atoms with Gasteiger partial charge in [0.25, 0.3) is 0 Å². The van der Waals surface area contributed by atoms with Crippen molar-refractivity contribution in [2.45, 2.75) is 24.9 Å². The molecule has 152 valence electrons. The first-order valence-corrected chi connectivity index (χ1v) is 10.9. The molecule has 4 aromatic rings. The van der Waals surface area contributed by atoms with Crippen LogP contribution in [-0.2, 0) is 23.1 Å². The molecule has 7 heteroatoms. The first-order valence-electron chi connectivity index (χ1n) is 9.42. The molecule has 6 nitrogen and oxygen atoms in total. The summed E-state index contributed by atoms with van der Waals surface area (Å²) in [6.45, 7) is 2.26. The van der Waals surface area contributed by atoms with Gasteiger partial charge < -0.3 is 4.42 Å². The molecule has 0 amide bonds. The summed E-state index contributed by atoms with van der Waals surface area (Å²) in [6.07, 6.45) is 1.66. The van der Waals surface area contributed by atoms with Crippen molar-refractivity contribution in [3.8, 4) is 0 Å². The Kier molecular flexibility index (Phi) is 5.48. The van der Waals surface area contributed by atoms with Crippen LogP contribution in [0.3, 0.4) is 0 Å². The van der Waals surface area contributed by atoms with E-state index in [2.05, 4.69) is 4.98 Å². The number of benzene rings is 2. The lowest BCUT2D eigenvalue weighted by Gasteiger charge is -2.23. The number of hydrogen-bond donors (Lipinski definition) is 0. The standard InChI is InChI=1S/C23H20N2O4S/c1-17-6-5-13-24-21(17)16-25(15-18-7-3-2-4-8-18)30(27,28)20-10-11-22-19(14-20)9-12-23(26)29-22/h2-14H,15-16H2,1H3. The predicted octanol–water partition coefficient (Wildman–Crippen LogP) is 3.89. The molecule has 0 N–H and O–H groups in total. The minimum atomic E-state index is -3.84. The van der Waals surface area contributed by atoms with E-state index in [1.54, 1.807) is 12.3 Å². The average molecular weight is 420 g/mol. The molecule has 0 saturated heterocycles. The molecule has 0 aliphatic heterocycles. The van der Waals surface area contributed by atoms with Gasteiger partial charge in [-0.2, -0.15) is 4.31 Å². The zero-order valence-electron chi connectivity index (χ0n) is 16.4. The highest BCUT2D eigenvalue weighted by molar-refractivity contribution is 7.89. The molecule has 0 aliphatic carbocycles. The van der Waals surface area contributed by atoms with Crippen molar-refractivity contribution in [3.63, 3.8) is 0 Å². The monoisotopic (exact) mass is 420 g/mol. The van der Waals surface area contributed by atoms with E-state index in [9.17, 15) is 13.2 Å². The Balaban J connectivity index is 1.77. The molecule has 2 aromatic carbocycles. The molecule has 0 radical (unpaired) electrons. The lowest BCUT2D eigenvalue weighted by Crippen LogP contribution is -2.31. The summed E-state index contributed by atoms with van der Waals surface area (Å²) in [6, 6.07) is 20.5. The van der Waals surface area contributed by atoms with E-state index in [4.69, 9.17) is 4.42 Å². The summed E-state index contributed by atoms with van der Waals surface area (Å²) >= 11 is 0. The third kappa shape index (κ3) is 4.17. The van der Waals surface area contributed by atoms with Gasteiger partial charge >= 0.3 is 5.63 Å². The van der Waals surface area contributed by atoms with Gasteiger partial charge in [0.2, 0.25) is 10.0 Å². The Morgan fingerprint density at radius 1 is 0.933 bits per heavy atom. The molecule has 0 spiro atoms. The molecule has 2 aromatic heterocycles. The first-order chi connectivity index (χ1) is 14.4. The van der Waals surface area contributed by atoms with E-state index in [1.165, 1.54) is 28.6 Å². The molecular formula is C23H20N2O4S. The van der Waals surface area contributed by atoms with Gasteiger partial charge in [-0.05, 0) is 48.4 Å². The number of pyridine rings is 1. The highest BCUT2D eigenvalue weighted by atomic mass is 32.2. The number of rotatable bonds is 6. The zero-order chi connectivity index (χ0) is 21.1. The van der Waals surface area contributed by atoms with Crippen molar-refractivity contribution in [2.75, 3.05) is 0 Å². The van der Waals surface area contributed by atoms with Crippen LogP contribution in [0.25, 0.3) is 11.0 Å². The van der Waals surface area contributed by atoms with Crippen LogP contribution < -0.4 is 5.63 Å². The maximum absolute atomic E-state index is 13.6. The van der Waals surface area contributed by atoms with Crippen LogP contribution in [0.15, 0.2) is 93.1 Å². The fourth-order valence-electron chi connectivity index (χ4n) is 3.22. The van der Waals surface area contributed by atoms with E-state index in [0.717, 1.165) is 11.1 Å². The third-order valence-corrected chi connectivity index (χ3v) is 6.66. The van der Waals surface area contributed by atoms with Crippen molar-refractivity contribution in [3.05, 3.63) is 106 Å². The largest absolute Gasteiger partial charge is 0.423 e. The number of aryl methyl sites for hydroxylation is 1. The van der Waals surface area contributed by atoms with E-state index in [1.807, 2.05) is 49.4 Å². The molecule has 0 bridgehead atoms. The van der Waals surface area contributed by atoms with Gasteiger partial charge in [0, 0.05) is 24.2 Å². The number of nitrogens with zero attached hydrogens (tertiary/aromatic N) is 2. The Labute approximate surface area is 174 Å². The predicted molar refractivity (Wildman–Crippen MR) is 114 cm³/mol. The molecule has 2 heterocycles. The van der Waals surface area contributed by atoms with Gasteiger partial charge in [0.15, 0.2) is 0 Å². The lowest BCUT2D eigenvalue weighted by molar-refractivity contribution is 0.396. The Morgan fingerprint density at radius 2 is 1.73 bits per heavy atom. The SMILES string of the molecule is Cc1cccnc1CN(Cc1ccccc1)S(=O)(=O)c1ccc2oc(=O)ccc2c1. The van der Waals surface area contributed by atoms with Gasteiger partial charge in [-0.3, -0.25) is 4.98 Å². The second kappa shape index (κ2) is 8.22. The van der Waals surface area contributed by atoms with Crippen molar-refractivity contribution >= 4 is 21.0 Å². The molecule has 0 saturated carbocycles. The Hall–Kier alpha value is -3.29. The van der Waals surface area contributed by atoms with Crippen molar-refractivity contribution in [1.29, 1.82) is 0 Å². The van der Waals surface area contributed by atoms with Crippen LogP contribution >= 0.6 is 0 Å². The zero-order valence-corrected chi connectivity index (χ0v) is 17.2. The number of fused-ring (bicyclic) bond motifs is 1. The lowest BCUT2D eigenvalue weighted by atomic mass is 10.2. The smallest absolute Gasteiger partial charge is 0.336 e. The van der Waals surface area contributed by atoms with Gasteiger partial charge in [-0.25, -0.2) is 13.2 Å². The van der Waals surface area contributed by atoms with Crippen molar-refractivity contribution in [2.24, 2.45) is 0 Å². The van der Waals surface area contributed by atoms with Gasteiger partial charge in [0.1, 0.15) is 5.58 Å². The second-order valence-electron chi connectivity index (χ2n) is 6.98. The van der Waals surface area contributed by atoms with Crippen LogP contribution in [0.4, 0.5) is 0 Å². The number of sulfonamides is 1. The fraction of sp³-hybridized carbons (Fsp3) is 0.130. The van der Waals surface area contributed by atoms with Gasteiger partial charge in [0.05, 0.1) is 17.1 Å². The Bertz CT molecular complexity index is 1350. The quantitative estimate of drug-likeness (QED) is 0.442. The second-order valence-corrected chi connectivity index (χ2v) is 8.92. The normalized spacial score (nSPS) is 11.8. The topological polar surface area (TPSA) is 80.5 Å². The number of hydrogen-bond acceptors (Lipinski definition) is 5. The molecule has 0 fully saturated rings. The van der Waals surface area contributed by atoms with Crippen LogP contribution in [0.2, 0.25) is 0 Å². The van der Waals surface area contributed by atoms with Gasteiger partial charge in [-0.15, -0.1) is 0 Å². The van der Waals surface area contributed by atoms with Gasteiger partial charge in [-0.1, -0.05) is 36.4 Å². The van der Waals surface area contributed by atoms with E-state index in [-0.39, 0.29) is 18.0 Å². The highest BCUT2D eigenvalue weighted by Crippen LogP contribution is 2.24. The van der Waals surface area contributed by atoms with Crippen LogP contribution in [0.1, 0.15) is 16.8 Å². The first kappa shape index (κ1) is 20.0. The fourth-order valence-corrected chi connectivity index (χ4v) is 4.65. The van der Waals surface area contributed by atoms with Crippen LogP contribution in [0.5, 0.6) is 0 Å². The minimum absolute atomic E-state index is 0.133. The van der Waals surface area contributed by atoms with Crippen LogP contribution in [-0.4, -0.2) is 17.7 Å². The molecule has 0 atom stereocenters. The summed E-state index contributed by atoms with van der Waals surface area (Å²) in [4.78, 5) is 15.9. The van der Waals surface area contributed by atoms with E-state index < -0.39 is 15.6 Å².